The second-order valence-corrected chi connectivity index (χ2v) is 4.38. The monoisotopic (exact) mass is 321 g/mol. The van der Waals surface area contributed by atoms with Gasteiger partial charge in [-0.05, 0) is 12.1 Å². The topological polar surface area (TPSA) is 33.1 Å². The highest BCUT2D eigenvalue weighted by Gasteiger charge is 2.37. The van der Waals surface area contributed by atoms with Crippen molar-refractivity contribution in [3.05, 3.63) is 53.2 Å². The lowest BCUT2D eigenvalue weighted by Crippen LogP contribution is -2.13. The quantitative estimate of drug-likeness (QED) is 0.838. The Kier molecular flexibility index (Phi) is 4.15. The molecule has 0 atom stereocenters. The molecule has 0 aliphatic carbocycles. The van der Waals surface area contributed by atoms with Crippen molar-refractivity contribution in [1.82, 2.24) is 4.98 Å². The Hall–Kier alpha value is -2.09. The van der Waals surface area contributed by atoms with Gasteiger partial charge in [-0.25, -0.2) is 0 Å². The van der Waals surface area contributed by atoms with Crippen molar-refractivity contribution in [2.24, 2.45) is 0 Å². The van der Waals surface area contributed by atoms with Crippen LogP contribution in [0.4, 0.5) is 26.3 Å². The largest absolute Gasteiger partial charge is 0.417 e. The molecule has 0 saturated heterocycles. The van der Waals surface area contributed by atoms with E-state index in [1.165, 1.54) is 6.07 Å². The number of nitrogens with zero attached hydrogens (tertiary/aromatic N) is 1. The van der Waals surface area contributed by atoms with Crippen molar-refractivity contribution in [2.45, 2.75) is 19.0 Å². The summed E-state index contributed by atoms with van der Waals surface area (Å²) in [4.78, 5) is 3.61. The molecule has 0 aliphatic rings. The van der Waals surface area contributed by atoms with Crippen LogP contribution in [0.2, 0.25) is 0 Å². The van der Waals surface area contributed by atoms with Gasteiger partial charge < -0.3 is 5.11 Å². The minimum absolute atomic E-state index is 0.509. The molecule has 0 aliphatic heterocycles. The van der Waals surface area contributed by atoms with Gasteiger partial charge in [-0.1, -0.05) is 18.2 Å². The van der Waals surface area contributed by atoms with Crippen molar-refractivity contribution in [1.29, 1.82) is 0 Å². The lowest BCUT2D eigenvalue weighted by atomic mass is 9.97. The first-order valence-corrected chi connectivity index (χ1v) is 5.98. The molecule has 1 heterocycles. The van der Waals surface area contributed by atoms with Crippen molar-refractivity contribution in [3.8, 4) is 11.3 Å². The number of pyridine rings is 1. The van der Waals surface area contributed by atoms with Crippen LogP contribution >= 0.6 is 0 Å². The Morgan fingerprint density at radius 2 is 1.45 bits per heavy atom. The predicted octanol–water partition coefficient (Wildman–Crippen LogP) is 4.28. The molecule has 1 aromatic carbocycles. The molecule has 22 heavy (non-hydrogen) atoms. The summed E-state index contributed by atoms with van der Waals surface area (Å²) in [5.41, 5.74) is -4.06. The first kappa shape index (κ1) is 16.3. The Bertz CT molecular complexity index is 678. The number of aliphatic hydroxyl groups is 1. The summed E-state index contributed by atoms with van der Waals surface area (Å²) in [6.07, 6.45) is -8.79. The van der Waals surface area contributed by atoms with Crippen LogP contribution in [0.5, 0.6) is 0 Å². The molecule has 0 unspecified atom stereocenters. The van der Waals surface area contributed by atoms with Crippen LogP contribution in [0.25, 0.3) is 11.3 Å². The number of aromatic nitrogens is 1. The van der Waals surface area contributed by atoms with E-state index in [1.54, 1.807) is 0 Å². The van der Waals surface area contributed by atoms with Crippen LogP contribution < -0.4 is 0 Å². The van der Waals surface area contributed by atoms with Crippen LogP contribution in [-0.2, 0) is 19.0 Å². The van der Waals surface area contributed by atoms with E-state index in [-0.39, 0.29) is 0 Å². The molecule has 2 nitrogen and oxygen atoms in total. The van der Waals surface area contributed by atoms with Crippen LogP contribution in [0, 0.1) is 0 Å². The maximum absolute atomic E-state index is 13.0. The standard InChI is InChI=1S/C14H9F6NO/c15-13(16,17)10-4-2-1-3-8(10)12-9(7-22)11(5-6-21-12)14(18,19)20/h1-6,22H,7H2. The van der Waals surface area contributed by atoms with Gasteiger partial charge in [0, 0.05) is 17.3 Å². The molecule has 0 amide bonds. The van der Waals surface area contributed by atoms with Crippen LogP contribution in [0.1, 0.15) is 16.7 Å². The van der Waals surface area contributed by atoms with Crippen molar-refractivity contribution < 1.29 is 31.4 Å². The van der Waals surface area contributed by atoms with E-state index in [0.29, 0.717) is 6.07 Å². The van der Waals surface area contributed by atoms with Gasteiger partial charge in [0.1, 0.15) is 0 Å². The predicted molar refractivity (Wildman–Crippen MR) is 65.6 cm³/mol. The van der Waals surface area contributed by atoms with Gasteiger partial charge in [0.25, 0.3) is 0 Å². The number of aliphatic hydroxyl groups excluding tert-OH is 1. The molecule has 1 aromatic heterocycles. The third-order valence-corrected chi connectivity index (χ3v) is 3.01. The van der Waals surface area contributed by atoms with Crippen LogP contribution in [-0.4, -0.2) is 10.1 Å². The van der Waals surface area contributed by atoms with Crippen molar-refractivity contribution >= 4 is 0 Å². The third kappa shape index (κ3) is 3.06. The number of benzene rings is 1. The molecular formula is C14H9F6NO. The molecule has 1 N–H and O–H groups in total. The lowest BCUT2D eigenvalue weighted by molar-refractivity contribution is -0.138. The van der Waals surface area contributed by atoms with Gasteiger partial charge >= 0.3 is 12.4 Å². The Balaban J connectivity index is 2.75. The average molecular weight is 321 g/mol. The van der Waals surface area contributed by atoms with E-state index in [9.17, 15) is 31.4 Å². The van der Waals surface area contributed by atoms with Crippen LogP contribution in [0.3, 0.4) is 0 Å². The molecular weight excluding hydrogens is 312 g/mol. The normalized spacial score (nSPS) is 12.5. The first-order chi connectivity index (χ1) is 10.2. The fraction of sp³-hybridized carbons (Fsp3) is 0.214. The Morgan fingerprint density at radius 1 is 0.864 bits per heavy atom. The number of halogens is 6. The molecule has 0 radical (unpaired) electrons. The maximum Gasteiger partial charge on any atom is 0.417 e. The molecule has 2 aromatic rings. The zero-order valence-electron chi connectivity index (χ0n) is 10.8. The van der Waals surface area contributed by atoms with E-state index in [1.807, 2.05) is 0 Å². The summed E-state index contributed by atoms with van der Waals surface area (Å²) in [6.45, 7) is -1.08. The highest BCUT2D eigenvalue weighted by molar-refractivity contribution is 5.69. The highest BCUT2D eigenvalue weighted by Crippen LogP contribution is 2.40. The molecule has 2 rings (SSSR count). The molecule has 0 spiro atoms. The van der Waals surface area contributed by atoms with E-state index in [4.69, 9.17) is 0 Å². The number of hydrogen-bond donors (Lipinski definition) is 1. The SMILES string of the molecule is OCc1c(C(F)(F)F)ccnc1-c1ccccc1C(F)(F)F. The molecule has 8 heteroatoms. The van der Waals surface area contributed by atoms with Crippen molar-refractivity contribution in [3.63, 3.8) is 0 Å². The second kappa shape index (κ2) is 5.60. The highest BCUT2D eigenvalue weighted by atomic mass is 19.4. The second-order valence-electron chi connectivity index (χ2n) is 4.38. The minimum atomic E-state index is -4.80. The number of rotatable bonds is 2. The van der Waals surface area contributed by atoms with E-state index < -0.39 is 46.9 Å². The molecule has 0 fully saturated rings. The first-order valence-electron chi connectivity index (χ1n) is 5.98. The molecule has 0 bridgehead atoms. The van der Waals surface area contributed by atoms with Gasteiger partial charge in [0.2, 0.25) is 0 Å². The fourth-order valence-electron chi connectivity index (χ4n) is 2.09. The minimum Gasteiger partial charge on any atom is -0.392 e. The summed E-state index contributed by atoms with van der Waals surface area (Å²) in [5.74, 6) is 0. The fourth-order valence-corrected chi connectivity index (χ4v) is 2.09. The van der Waals surface area contributed by atoms with E-state index >= 15 is 0 Å². The number of alkyl halides is 6. The van der Waals surface area contributed by atoms with E-state index in [0.717, 1.165) is 24.4 Å². The zero-order chi connectivity index (χ0) is 16.5. The maximum atomic E-state index is 13.0. The average Bonchev–Trinajstić information content (AvgIpc) is 2.44. The summed E-state index contributed by atoms with van der Waals surface area (Å²) >= 11 is 0. The zero-order valence-corrected chi connectivity index (χ0v) is 10.8. The van der Waals surface area contributed by atoms with Crippen LogP contribution in [0.15, 0.2) is 36.5 Å². The van der Waals surface area contributed by atoms with Gasteiger partial charge in [-0.2, -0.15) is 26.3 Å². The summed E-state index contributed by atoms with van der Waals surface area (Å²) in [6, 6.07) is 4.76. The van der Waals surface area contributed by atoms with Crippen molar-refractivity contribution in [2.75, 3.05) is 0 Å². The summed E-state index contributed by atoms with van der Waals surface area (Å²) < 4.78 is 77.7. The Morgan fingerprint density at radius 3 is 2.00 bits per heavy atom. The lowest BCUT2D eigenvalue weighted by Gasteiger charge is -2.17. The Labute approximate surface area is 121 Å². The van der Waals surface area contributed by atoms with Gasteiger partial charge in [0.05, 0.1) is 23.4 Å². The molecule has 118 valence electrons. The van der Waals surface area contributed by atoms with Gasteiger partial charge in [0.15, 0.2) is 0 Å². The summed E-state index contributed by atoms with van der Waals surface area (Å²) in [7, 11) is 0. The third-order valence-electron chi connectivity index (χ3n) is 3.01. The van der Waals surface area contributed by atoms with Gasteiger partial charge in [-0.15, -0.1) is 0 Å². The van der Waals surface area contributed by atoms with Gasteiger partial charge in [-0.3, -0.25) is 4.98 Å². The smallest absolute Gasteiger partial charge is 0.392 e. The van der Waals surface area contributed by atoms with E-state index in [2.05, 4.69) is 4.98 Å². The number of hydrogen-bond acceptors (Lipinski definition) is 2. The summed E-state index contributed by atoms with van der Waals surface area (Å²) in [5, 5.41) is 9.20. The molecule has 0 saturated carbocycles.